The lowest BCUT2D eigenvalue weighted by molar-refractivity contribution is -0.323. The second-order valence-corrected chi connectivity index (χ2v) is 4.99. The Kier molecular flexibility index (Phi) is 4.73. The number of nitrogens with one attached hydrogen (secondary N) is 1. The second-order valence-electron chi connectivity index (χ2n) is 3.71. The molecule has 2 nitrogen and oxygen atoms in total. The van der Waals surface area contributed by atoms with E-state index in [4.69, 9.17) is 0 Å². The molecule has 0 saturated heterocycles. The molecule has 1 fully saturated rings. The molecule has 15 heavy (non-hydrogen) atoms. The summed E-state index contributed by atoms with van der Waals surface area (Å²) in [5.41, 5.74) is 0. The van der Waals surface area contributed by atoms with E-state index in [0.29, 0.717) is 0 Å². The summed E-state index contributed by atoms with van der Waals surface area (Å²) >= 11 is 1.80. The molecule has 0 unspecified atom stereocenters. The van der Waals surface area contributed by atoms with E-state index in [1.807, 2.05) is 6.26 Å². The normalized spacial score (nSPS) is 20.0. The van der Waals surface area contributed by atoms with E-state index in [9.17, 15) is 13.2 Å². The predicted molar refractivity (Wildman–Crippen MR) is 55.0 cm³/mol. The first-order chi connectivity index (χ1) is 6.97. The van der Waals surface area contributed by atoms with Gasteiger partial charge in [0.15, 0.2) is 0 Å². The molecule has 0 amide bonds. The van der Waals surface area contributed by atoms with E-state index in [1.54, 1.807) is 11.8 Å². The summed E-state index contributed by atoms with van der Waals surface area (Å²) in [7, 11) is 0. The largest absolute Gasteiger partial charge is 0.522 e. The summed E-state index contributed by atoms with van der Waals surface area (Å²) < 4.78 is 38.7. The summed E-state index contributed by atoms with van der Waals surface area (Å²) in [5, 5.41) is 3.01. The minimum Gasteiger partial charge on any atom is -0.313 e. The van der Waals surface area contributed by atoms with Gasteiger partial charge in [-0.1, -0.05) is 6.42 Å². The SMILES string of the molecule is CSC1(CNCCOC(F)(F)F)CCC1. The lowest BCUT2D eigenvalue weighted by Gasteiger charge is -2.40. The van der Waals surface area contributed by atoms with Crippen molar-refractivity contribution in [1.82, 2.24) is 5.32 Å². The molecule has 1 aliphatic rings. The Morgan fingerprint density at radius 1 is 1.40 bits per heavy atom. The van der Waals surface area contributed by atoms with E-state index < -0.39 is 6.36 Å². The summed E-state index contributed by atoms with van der Waals surface area (Å²) in [5.74, 6) is 0. The van der Waals surface area contributed by atoms with E-state index in [0.717, 1.165) is 19.4 Å². The van der Waals surface area contributed by atoms with Crippen LogP contribution in [0.4, 0.5) is 13.2 Å². The van der Waals surface area contributed by atoms with Crippen molar-refractivity contribution in [1.29, 1.82) is 0 Å². The highest BCUT2D eigenvalue weighted by Gasteiger charge is 2.35. The van der Waals surface area contributed by atoms with E-state index in [2.05, 4.69) is 10.1 Å². The average molecular weight is 243 g/mol. The van der Waals surface area contributed by atoms with Crippen molar-refractivity contribution in [3.05, 3.63) is 0 Å². The fraction of sp³-hybridized carbons (Fsp3) is 1.00. The molecular formula is C9H16F3NOS. The van der Waals surface area contributed by atoms with Crippen LogP contribution in [0.15, 0.2) is 0 Å². The van der Waals surface area contributed by atoms with Crippen LogP contribution < -0.4 is 5.32 Å². The van der Waals surface area contributed by atoms with Crippen LogP contribution in [0.25, 0.3) is 0 Å². The highest BCUT2D eigenvalue weighted by Crippen LogP contribution is 2.42. The fourth-order valence-corrected chi connectivity index (χ4v) is 2.52. The van der Waals surface area contributed by atoms with Crippen LogP contribution in [0.5, 0.6) is 0 Å². The highest BCUT2D eigenvalue weighted by atomic mass is 32.2. The molecule has 90 valence electrons. The van der Waals surface area contributed by atoms with Crippen LogP contribution in [-0.4, -0.2) is 37.1 Å². The van der Waals surface area contributed by atoms with Crippen LogP contribution in [0, 0.1) is 0 Å². The summed E-state index contributed by atoms with van der Waals surface area (Å²) in [6, 6.07) is 0. The molecule has 1 aliphatic carbocycles. The number of alkyl halides is 3. The molecule has 0 radical (unpaired) electrons. The van der Waals surface area contributed by atoms with Gasteiger partial charge in [-0.25, -0.2) is 0 Å². The number of halogens is 3. The van der Waals surface area contributed by atoms with Gasteiger partial charge in [0.1, 0.15) is 0 Å². The van der Waals surface area contributed by atoms with Gasteiger partial charge in [-0.05, 0) is 19.1 Å². The monoisotopic (exact) mass is 243 g/mol. The standard InChI is InChI=1S/C9H16F3NOS/c1-15-8(3-2-4-8)7-13-5-6-14-9(10,11)12/h13H,2-7H2,1H3. The molecule has 1 N–H and O–H groups in total. The highest BCUT2D eigenvalue weighted by molar-refractivity contribution is 8.00. The lowest BCUT2D eigenvalue weighted by atomic mass is 9.84. The number of ether oxygens (including phenoxy) is 1. The quantitative estimate of drug-likeness (QED) is 0.724. The maximum Gasteiger partial charge on any atom is 0.522 e. The first kappa shape index (κ1) is 13.1. The van der Waals surface area contributed by atoms with Crippen molar-refractivity contribution in [2.75, 3.05) is 26.0 Å². The molecule has 1 rings (SSSR count). The van der Waals surface area contributed by atoms with Gasteiger partial charge in [0.2, 0.25) is 0 Å². The van der Waals surface area contributed by atoms with Gasteiger partial charge in [0.25, 0.3) is 0 Å². The van der Waals surface area contributed by atoms with Crippen molar-refractivity contribution in [3.63, 3.8) is 0 Å². The Bertz CT molecular complexity index is 189. The van der Waals surface area contributed by atoms with Gasteiger partial charge in [-0.3, -0.25) is 4.74 Å². The van der Waals surface area contributed by atoms with Crippen LogP contribution in [0.1, 0.15) is 19.3 Å². The third-order valence-electron chi connectivity index (χ3n) is 2.69. The van der Waals surface area contributed by atoms with Gasteiger partial charge in [-0.15, -0.1) is 13.2 Å². The minimum absolute atomic E-state index is 0.252. The van der Waals surface area contributed by atoms with Crippen molar-refractivity contribution < 1.29 is 17.9 Å². The molecule has 0 bridgehead atoms. The number of hydrogen-bond donors (Lipinski definition) is 1. The molecule has 1 saturated carbocycles. The Balaban J connectivity index is 2.02. The molecule has 0 aliphatic heterocycles. The van der Waals surface area contributed by atoms with Gasteiger partial charge < -0.3 is 5.32 Å². The van der Waals surface area contributed by atoms with E-state index in [-0.39, 0.29) is 17.9 Å². The van der Waals surface area contributed by atoms with Crippen LogP contribution in [-0.2, 0) is 4.74 Å². The topological polar surface area (TPSA) is 21.3 Å². The smallest absolute Gasteiger partial charge is 0.313 e. The molecule has 6 heteroatoms. The fourth-order valence-electron chi connectivity index (χ4n) is 1.58. The first-order valence-electron chi connectivity index (χ1n) is 4.94. The number of thioether (sulfide) groups is 1. The maximum absolute atomic E-state index is 11.6. The zero-order valence-corrected chi connectivity index (χ0v) is 9.51. The van der Waals surface area contributed by atoms with Gasteiger partial charge in [0, 0.05) is 17.8 Å². The maximum atomic E-state index is 11.6. The average Bonchev–Trinajstić information content (AvgIpc) is 2.06. The van der Waals surface area contributed by atoms with E-state index >= 15 is 0 Å². The van der Waals surface area contributed by atoms with Crippen LogP contribution in [0.3, 0.4) is 0 Å². The van der Waals surface area contributed by atoms with E-state index in [1.165, 1.54) is 6.42 Å². The number of rotatable bonds is 6. The third kappa shape index (κ3) is 4.61. The summed E-state index contributed by atoms with van der Waals surface area (Å²) in [4.78, 5) is 0. The first-order valence-corrected chi connectivity index (χ1v) is 6.16. The second kappa shape index (κ2) is 5.41. The molecule has 0 atom stereocenters. The molecule has 0 aromatic carbocycles. The molecule has 0 spiro atoms. The Hall–Kier alpha value is 0.0600. The third-order valence-corrected chi connectivity index (χ3v) is 4.11. The van der Waals surface area contributed by atoms with Crippen molar-refractivity contribution in [2.24, 2.45) is 0 Å². The van der Waals surface area contributed by atoms with Crippen LogP contribution >= 0.6 is 11.8 Å². The minimum atomic E-state index is -4.50. The molecule has 0 heterocycles. The lowest BCUT2D eigenvalue weighted by Crippen LogP contribution is -2.44. The predicted octanol–water partition coefficient (Wildman–Crippen LogP) is 2.40. The van der Waals surface area contributed by atoms with Gasteiger partial charge in [-0.2, -0.15) is 11.8 Å². The van der Waals surface area contributed by atoms with Crippen LogP contribution in [0.2, 0.25) is 0 Å². The Morgan fingerprint density at radius 3 is 2.47 bits per heavy atom. The van der Waals surface area contributed by atoms with Gasteiger partial charge >= 0.3 is 6.36 Å². The number of hydrogen-bond acceptors (Lipinski definition) is 3. The Morgan fingerprint density at radius 2 is 2.07 bits per heavy atom. The van der Waals surface area contributed by atoms with Crippen molar-refractivity contribution in [3.8, 4) is 0 Å². The van der Waals surface area contributed by atoms with Crippen molar-refractivity contribution >= 4 is 11.8 Å². The van der Waals surface area contributed by atoms with Gasteiger partial charge in [0.05, 0.1) is 6.61 Å². The molecule has 0 aromatic heterocycles. The summed E-state index contributed by atoms with van der Waals surface area (Å²) in [6.45, 7) is 0.713. The zero-order chi connectivity index (χ0) is 11.4. The van der Waals surface area contributed by atoms with Crippen molar-refractivity contribution in [2.45, 2.75) is 30.4 Å². The molecule has 0 aromatic rings. The Labute approximate surface area is 91.9 Å². The molecular weight excluding hydrogens is 227 g/mol. The summed E-state index contributed by atoms with van der Waals surface area (Å²) in [6.07, 6.45) is 1.08. The zero-order valence-electron chi connectivity index (χ0n) is 8.69.